The number of hydrogen-bond acceptors (Lipinski definition) is 2. The van der Waals surface area contributed by atoms with Crippen molar-refractivity contribution in [2.45, 2.75) is 40.0 Å². The van der Waals surface area contributed by atoms with E-state index in [2.05, 4.69) is 26.1 Å². The molecule has 0 aliphatic carbocycles. The van der Waals surface area contributed by atoms with Crippen molar-refractivity contribution in [3.05, 3.63) is 11.8 Å². The quantitative estimate of drug-likeness (QED) is 0.484. The van der Waals surface area contributed by atoms with Gasteiger partial charge in [-0.3, -0.25) is 4.79 Å². The second kappa shape index (κ2) is 7.42. The molecule has 0 aromatic heterocycles. The first-order valence-electron chi connectivity index (χ1n) is 5.36. The number of primary amides is 1. The Kier molecular flexibility index (Phi) is 6.89. The minimum Gasteiger partial charge on any atom is -0.388 e. The minimum atomic E-state index is -0.371. The zero-order valence-corrected chi connectivity index (χ0v) is 9.47. The molecule has 1 atom stereocenters. The maximum atomic E-state index is 10.8. The van der Waals surface area contributed by atoms with Crippen LogP contribution in [0.3, 0.4) is 0 Å². The summed E-state index contributed by atoms with van der Waals surface area (Å²) in [6, 6.07) is 0. The summed E-state index contributed by atoms with van der Waals surface area (Å²) in [5.74, 6) is 0.00338. The van der Waals surface area contributed by atoms with Gasteiger partial charge < -0.3 is 11.1 Å². The van der Waals surface area contributed by atoms with E-state index in [1.54, 1.807) is 0 Å². The van der Waals surface area contributed by atoms with Crippen molar-refractivity contribution in [3.8, 4) is 0 Å². The Labute approximate surface area is 86.8 Å². The molecule has 0 aliphatic heterocycles. The zero-order chi connectivity index (χ0) is 11.0. The molecule has 0 fully saturated rings. The molecular weight excluding hydrogens is 176 g/mol. The van der Waals surface area contributed by atoms with E-state index < -0.39 is 0 Å². The lowest BCUT2D eigenvalue weighted by Gasteiger charge is -2.15. The van der Waals surface area contributed by atoms with E-state index in [4.69, 9.17) is 5.73 Å². The highest BCUT2D eigenvalue weighted by molar-refractivity contribution is 5.86. The number of nitrogens with one attached hydrogen (secondary N) is 1. The lowest BCUT2D eigenvalue weighted by Crippen LogP contribution is -2.22. The highest BCUT2D eigenvalue weighted by Crippen LogP contribution is 2.10. The molecule has 1 unspecified atom stereocenters. The van der Waals surface area contributed by atoms with Gasteiger partial charge in [-0.15, -0.1) is 0 Å². The van der Waals surface area contributed by atoms with Crippen LogP contribution in [0.2, 0.25) is 0 Å². The number of carbonyl (C=O) groups excluding carboxylic acids is 1. The predicted molar refractivity (Wildman–Crippen MR) is 59.6 cm³/mol. The third-order valence-corrected chi connectivity index (χ3v) is 2.30. The lowest BCUT2D eigenvalue weighted by atomic mass is 10.0. The van der Waals surface area contributed by atoms with Gasteiger partial charge in [-0.05, 0) is 18.8 Å². The molecule has 0 bridgehead atoms. The van der Waals surface area contributed by atoms with Crippen molar-refractivity contribution >= 4 is 5.91 Å². The Morgan fingerprint density at radius 3 is 2.57 bits per heavy atom. The highest BCUT2D eigenvalue weighted by atomic mass is 16.1. The second-order valence-corrected chi connectivity index (χ2v) is 3.59. The Morgan fingerprint density at radius 1 is 1.50 bits per heavy atom. The van der Waals surface area contributed by atoms with E-state index in [0.717, 1.165) is 31.5 Å². The molecule has 3 nitrogen and oxygen atoms in total. The Morgan fingerprint density at radius 2 is 2.14 bits per heavy atom. The molecule has 0 aromatic carbocycles. The summed E-state index contributed by atoms with van der Waals surface area (Å²) in [7, 11) is 0. The van der Waals surface area contributed by atoms with Crippen LogP contribution in [-0.2, 0) is 4.79 Å². The summed E-state index contributed by atoms with van der Waals surface area (Å²) in [6.45, 7) is 7.25. The molecule has 82 valence electrons. The average Bonchev–Trinajstić information content (AvgIpc) is 2.15. The van der Waals surface area contributed by atoms with Gasteiger partial charge in [-0.1, -0.05) is 27.2 Å². The van der Waals surface area contributed by atoms with Gasteiger partial charge in [0.05, 0.1) is 0 Å². The smallest absolute Gasteiger partial charge is 0.243 e. The van der Waals surface area contributed by atoms with Crippen LogP contribution in [-0.4, -0.2) is 12.5 Å². The van der Waals surface area contributed by atoms with Gasteiger partial charge in [0.2, 0.25) is 5.91 Å². The maximum Gasteiger partial charge on any atom is 0.243 e. The number of amides is 1. The molecule has 3 N–H and O–H groups in total. The van der Waals surface area contributed by atoms with Gasteiger partial charge in [0.25, 0.3) is 0 Å². The number of nitrogens with two attached hydrogens (primary N) is 1. The van der Waals surface area contributed by atoms with Gasteiger partial charge in [0.15, 0.2) is 0 Å². The van der Waals surface area contributed by atoms with E-state index in [9.17, 15) is 4.79 Å². The molecule has 0 saturated carbocycles. The summed E-state index contributed by atoms with van der Waals surface area (Å²) in [5, 5.41) is 3.26. The van der Waals surface area contributed by atoms with Gasteiger partial charge in [-0.25, -0.2) is 0 Å². The van der Waals surface area contributed by atoms with Gasteiger partial charge in [-0.2, -0.15) is 0 Å². The molecule has 14 heavy (non-hydrogen) atoms. The number of carbonyl (C=O) groups is 1. The number of allylic oxidation sites excluding steroid dienone is 1. The molecule has 0 spiro atoms. The van der Waals surface area contributed by atoms with Crippen molar-refractivity contribution in [2.24, 2.45) is 11.7 Å². The number of unbranched alkanes of at least 4 members (excludes halogenated alkanes) is 1. The van der Waals surface area contributed by atoms with E-state index in [0.29, 0.717) is 5.92 Å². The average molecular weight is 198 g/mol. The van der Waals surface area contributed by atoms with Crippen LogP contribution < -0.4 is 11.1 Å². The van der Waals surface area contributed by atoms with Crippen molar-refractivity contribution in [1.29, 1.82) is 0 Å². The topological polar surface area (TPSA) is 55.1 Å². The maximum absolute atomic E-state index is 10.8. The van der Waals surface area contributed by atoms with Gasteiger partial charge in [0.1, 0.15) is 0 Å². The lowest BCUT2D eigenvalue weighted by molar-refractivity contribution is -0.113. The summed E-state index contributed by atoms with van der Waals surface area (Å²) < 4.78 is 0. The summed E-state index contributed by atoms with van der Waals surface area (Å²) in [5.41, 5.74) is 6.10. The van der Waals surface area contributed by atoms with Crippen molar-refractivity contribution < 1.29 is 4.79 Å². The molecule has 0 aliphatic rings. The van der Waals surface area contributed by atoms with E-state index in [1.807, 2.05) is 0 Å². The zero-order valence-electron chi connectivity index (χ0n) is 9.47. The van der Waals surface area contributed by atoms with Crippen molar-refractivity contribution in [2.75, 3.05) is 6.54 Å². The van der Waals surface area contributed by atoms with Gasteiger partial charge in [0, 0.05) is 18.3 Å². The summed E-state index contributed by atoms with van der Waals surface area (Å²) >= 11 is 0. The SMILES string of the molecule is CCCCN/C(=C/C(N)=O)C(C)CC. The molecule has 1 amide bonds. The van der Waals surface area contributed by atoms with E-state index >= 15 is 0 Å². The molecule has 0 heterocycles. The first kappa shape index (κ1) is 13.0. The summed E-state index contributed by atoms with van der Waals surface area (Å²) in [4.78, 5) is 10.8. The van der Waals surface area contributed by atoms with Crippen molar-refractivity contribution in [1.82, 2.24) is 5.32 Å². The molecule has 0 radical (unpaired) electrons. The predicted octanol–water partition coefficient (Wildman–Crippen LogP) is 1.79. The third kappa shape index (κ3) is 5.62. The van der Waals surface area contributed by atoms with Crippen LogP contribution in [0.25, 0.3) is 0 Å². The Bertz CT molecular complexity index is 199. The minimum absolute atomic E-state index is 0.371. The van der Waals surface area contributed by atoms with Gasteiger partial charge >= 0.3 is 0 Å². The summed E-state index contributed by atoms with van der Waals surface area (Å²) in [6.07, 6.45) is 4.78. The fourth-order valence-corrected chi connectivity index (χ4v) is 1.15. The molecule has 0 aromatic rings. The van der Waals surface area contributed by atoms with Crippen LogP contribution in [0.4, 0.5) is 0 Å². The molecule has 0 rings (SSSR count). The van der Waals surface area contributed by atoms with Crippen LogP contribution in [0.5, 0.6) is 0 Å². The fraction of sp³-hybridized carbons (Fsp3) is 0.727. The largest absolute Gasteiger partial charge is 0.388 e. The van der Waals surface area contributed by atoms with Crippen LogP contribution in [0.1, 0.15) is 40.0 Å². The normalized spacial score (nSPS) is 13.8. The molecular formula is C11H22N2O. The van der Waals surface area contributed by atoms with Crippen LogP contribution >= 0.6 is 0 Å². The first-order valence-corrected chi connectivity index (χ1v) is 5.36. The van der Waals surface area contributed by atoms with Crippen LogP contribution in [0, 0.1) is 5.92 Å². The Hall–Kier alpha value is -0.990. The van der Waals surface area contributed by atoms with E-state index in [-0.39, 0.29) is 5.91 Å². The number of rotatable bonds is 7. The first-order chi connectivity index (χ1) is 6.61. The molecule has 3 heteroatoms. The standard InChI is InChI=1S/C11H22N2O/c1-4-6-7-13-10(8-11(12)14)9(3)5-2/h8-9,13H,4-7H2,1-3H3,(H2,12,14)/b10-8+. The highest BCUT2D eigenvalue weighted by Gasteiger charge is 2.06. The fourth-order valence-electron chi connectivity index (χ4n) is 1.15. The molecule has 0 saturated heterocycles. The van der Waals surface area contributed by atoms with E-state index in [1.165, 1.54) is 6.08 Å². The Balaban J connectivity index is 4.18. The third-order valence-electron chi connectivity index (χ3n) is 2.30. The van der Waals surface area contributed by atoms with Crippen LogP contribution in [0.15, 0.2) is 11.8 Å². The van der Waals surface area contributed by atoms with Crippen molar-refractivity contribution in [3.63, 3.8) is 0 Å². The monoisotopic (exact) mass is 198 g/mol. The number of hydrogen-bond donors (Lipinski definition) is 2. The second-order valence-electron chi connectivity index (χ2n) is 3.59.